The van der Waals surface area contributed by atoms with E-state index < -0.39 is 23.6 Å². The summed E-state index contributed by atoms with van der Waals surface area (Å²) in [5, 5.41) is 0. The number of alkyl halides is 3. The third kappa shape index (κ3) is 3.59. The van der Waals surface area contributed by atoms with Crippen LogP contribution in [-0.4, -0.2) is 54.8 Å². The van der Waals surface area contributed by atoms with Gasteiger partial charge in [-0.2, -0.15) is 13.2 Å². The third-order valence-corrected chi connectivity index (χ3v) is 5.39. The number of imide groups is 1. The molecule has 0 spiro atoms. The number of hydrogen-bond acceptors (Lipinski definition) is 4. The zero-order valence-electron chi connectivity index (χ0n) is 16.3. The molecule has 2 aliphatic heterocycles. The first-order valence-corrected chi connectivity index (χ1v) is 9.56. The molecule has 0 saturated carbocycles. The lowest BCUT2D eigenvalue weighted by atomic mass is 10.0. The molecule has 1 fully saturated rings. The van der Waals surface area contributed by atoms with Crippen molar-refractivity contribution in [1.29, 1.82) is 0 Å². The van der Waals surface area contributed by atoms with E-state index in [-0.39, 0.29) is 11.3 Å². The Hall–Kier alpha value is -3.13. The summed E-state index contributed by atoms with van der Waals surface area (Å²) < 4.78 is 38.7. The van der Waals surface area contributed by atoms with Crippen LogP contribution in [0.25, 0.3) is 5.57 Å². The molecule has 30 heavy (non-hydrogen) atoms. The summed E-state index contributed by atoms with van der Waals surface area (Å²) in [6.45, 7) is 2.66. The van der Waals surface area contributed by atoms with E-state index in [1.54, 1.807) is 24.3 Å². The Morgan fingerprint density at radius 1 is 0.800 bits per heavy atom. The number of carbonyl (C=O) groups excluding carboxylic acids is 2. The number of piperazine rings is 1. The highest BCUT2D eigenvalue weighted by Gasteiger charge is 2.43. The molecule has 0 aromatic heterocycles. The molecule has 8 heteroatoms. The van der Waals surface area contributed by atoms with Crippen molar-refractivity contribution in [1.82, 2.24) is 9.80 Å². The SMILES string of the molecule is CN1CCN(C2=C(c3ccccc3)C(=O)N(c3ccc(C(F)(F)F)cc3)C2=O)CC1. The summed E-state index contributed by atoms with van der Waals surface area (Å²) in [6.07, 6.45) is -4.49. The number of rotatable bonds is 3. The van der Waals surface area contributed by atoms with Crippen molar-refractivity contribution in [3.05, 3.63) is 71.4 Å². The first kappa shape index (κ1) is 20.2. The fourth-order valence-corrected chi connectivity index (χ4v) is 3.74. The van der Waals surface area contributed by atoms with E-state index >= 15 is 0 Å². The lowest BCUT2D eigenvalue weighted by Crippen LogP contribution is -2.46. The van der Waals surface area contributed by atoms with Gasteiger partial charge in [0.15, 0.2) is 0 Å². The molecule has 0 bridgehead atoms. The van der Waals surface area contributed by atoms with Gasteiger partial charge in [-0.1, -0.05) is 30.3 Å². The maximum absolute atomic E-state index is 13.3. The van der Waals surface area contributed by atoms with Crippen LogP contribution in [0.5, 0.6) is 0 Å². The quantitative estimate of drug-likeness (QED) is 0.722. The predicted molar refractivity (Wildman–Crippen MR) is 106 cm³/mol. The molecule has 2 amide bonds. The largest absolute Gasteiger partial charge is 0.416 e. The number of benzene rings is 2. The van der Waals surface area contributed by atoms with E-state index in [2.05, 4.69) is 4.90 Å². The molecule has 0 radical (unpaired) electrons. The second-order valence-corrected chi connectivity index (χ2v) is 7.37. The van der Waals surface area contributed by atoms with Crippen molar-refractivity contribution in [3.8, 4) is 0 Å². The van der Waals surface area contributed by atoms with E-state index in [9.17, 15) is 22.8 Å². The first-order chi connectivity index (χ1) is 14.3. The van der Waals surface area contributed by atoms with Crippen molar-refractivity contribution in [3.63, 3.8) is 0 Å². The number of likely N-dealkylation sites (N-methyl/N-ethyl adjacent to an activating group) is 1. The molecule has 156 valence electrons. The Balaban J connectivity index is 1.75. The molecular weight excluding hydrogens is 395 g/mol. The fraction of sp³-hybridized carbons (Fsp3) is 0.273. The van der Waals surface area contributed by atoms with Crippen LogP contribution in [0.1, 0.15) is 11.1 Å². The van der Waals surface area contributed by atoms with Gasteiger partial charge >= 0.3 is 6.18 Å². The number of anilines is 1. The molecule has 0 atom stereocenters. The van der Waals surface area contributed by atoms with Gasteiger partial charge in [0, 0.05) is 26.2 Å². The Bertz CT molecular complexity index is 993. The van der Waals surface area contributed by atoms with Gasteiger partial charge in [-0.3, -0.25) is 9.59 Å². The summed E-state index contributed by atoms with van der Waals surface area (Å²) in [6, 6.07) is 13.0. The number of amides is 2. The van der Waals surface area contributed by atoms with E-state index in [0.717, 1.165) is 42.3 Å². The van der Waals surface area contributed by atoms with E-state index in [0.29, 0.717) is 24.4 Å². The molecule has 1 saturated heterocycles. The minimum atomic E-state index is -4.49. The third-order valence-electron chi connectivity index (χ3n) is 5.39. The van der Waals surface area contributed by atoms with Gasteiger partial charge in [0.25, 0.3) is 11.8 Å². The van der Waals surface area contributed by atoms with Crippen molar-refractivity contribution < 1.29 is 22.8 Å². The molecule has 4 rings (SSSR count). The summed E-state index contributed by atoms with van der Waals surface area (Å²) in [5.74, 6) is -1.04. The highest BCUT2D eigenvalue weighted by Crippen LogP contribution is 2.36. The van der Waals surface area contributed by atoms with Crippen LogP contribution in [0.15, 0.2) is 60.3 Å². The zero-order chi connectivity index (χ0) is 21.5. The van der Waals surface area contributed by atoms with Crippen molar-refractivity contribution in [2.75, 3.05) is 38.1 Å². The summed E-state index contributed by atoms with van der Waals surface area (Å²) in [4.78, 5) is 31.6. The lowest BCUT2D eigenvalue weighted by molar-refractivity contribution is -0.137. The van der Waals surface area contributed by atoms with Gasteiger partial charge in [0.05, 0.1) is 16.8 Å². The Kier molecular flexibility index (Phi) is 5.11. The minimum Gasteiger partial charge on any atom is -0.364 e. The zero-order valence-corrected chi connectivity index (χ0v) is 16.3. The normalized spacial score (nSPS) is 18.5. The molecule has 2 heterocycles. The number of hydrogen-bond donors (Lipinski definition) is 0. The van der Waals surface area contributed by atoms with Crippen LogP contribution in [0.2, 0.25) is 0 Å². The van der Waals surface area contributed by atoms with Crippen molar-refractivity contribution in [2.45, 2.75) is 6.18 Å². The number of nitrogens with zero attached hydrogens (tertiary/aromatic N) is 3. The Morgan fingerprint density at radius 3 is 1.97 bits per heavy atom. The van der Waals surface area contributed by atoms with Crippen LogP contribution in [0.4, 0.5) is 18.9 Å². The van der Waals surface area contributed by atoms with Crippen LogP contribution >= 0.6 is 0 Å². The smallest absolute Gasteiger partial charge is 0.364 e. The van der Waals surface area contributed by atoms with E-state index in [1.807, 2.05) is 18.0 Å². The van der Waals surface area contributed by atoms with Crippen molar-refractivity contribution in [2.24, 2.45) is 0 Å². The number of halogens is 3. The van der Waals surface area contributed by atoms with E-state index in [4.69, 9.17) is 0 Å². The molecular formula is C22H20F3N3O2. The van der Waals surface area contributed by atoms with Gasteiger partial charge in [0.1, 0.15) is 5.70 Å². The van der Waals surface area contributed by atoms with Crippen molar-refractivity contribution >= 4 is 23.1 Å². The topological polar surface area (TPSA) is 43.9 Å². The van der Waals surface area contributed by atoms with Gasteiger partial charge in [0.2, 0.25) is 0 Å². The van der Waals surface area contributed by atoms with Crippen LogP contribution in [0, 0.1) is 0 Å². The average molecular weight is 415 g/mol. The highest BCUT2D eigenvalue weighted by molar-refractivity contribution is 6.45. The van der Waals surface area contributed by atoms with Crippen LogP contribution in [0.3, 0.4) is 0 Å². The maximum atomic E-state index is 13.3. The van der Waals surface area contributed by atoms with Gasteiger partial charge < -0.3 is 9.80 Å². The van der Waals surface area contributed by atoms with Gasteiger partial charge in [-0.15, -0.1) is 0 Å². The second-order valence-electron chi connectivity index (χ2n) is 7.37. The predicted octanol–water partition coefficient (Wildman–Crippen LogP) is 3.24. The maximum Gasteiger partial charge on any atom is 0.416 e. The van der Waals surface area contributed by atoms with Crippen LogP contribution < -0.4 is 4.90 Å². The molecule has 5 nitrogen and oxygen atoms in total. The van der Waals surface area contributed by atoms with Gasteiger partial charge in [-0.05, 0) is 36.9 Å². The molecule has 0 unspecified atom stereocenters. The second kappa shape index (κ2) is 7.60. The molecule has 2 aliphatic rings. The summed E-state index contributed by atoms with van der Waals surface area (Å²) >= 11 is 0. The van der Waals surface area contributed by atoms with E-state index in [1.165, 1.54) is 0 Å². The average Bonchev–Trinajstić information content (AvgIpc) is 2.99. The van der Waals surface area contributed by atoms with Crippen LogP contribution in [-0.2, 0) is 15.8 Å². The molecule has 2 aromatic carbocycles. The Labute approximate surface area is 172 Å². The number of carbonyl (C=O) groups is 2. The minimum absolute atomic E-state index is 0.121. The van der Waals surface area contributed by atoms with Gasteiger partial charge in [-0.25, -0.2) is 4.90 Å². The monoisotopic (exact) mass is 415 g/mol. The summed E-state index contributed by atoms with van der Waals surface area (Å²) in [7, 11) is 1.99. The highest BCUT2D eigenvalue weighted by atomic mass is 19.4. The fourth-order valence-electron chi connectivity index (χ4n) is 3.74. The summed E-state index contributed by atoms with van der Waals surface area (Å²) in [5.41, 5.74) is 0.486. The molecule has 0 aliphatic carbocycles. The molecule has 2 aromatic rings. The first-order valence-electron chi connectivity index (χ1n) is 9.56. The molecule has 0 N–H and O–H groups in total. The lowest BCUT2D eigenvalue weighted by Gasteiger charge is -2.34. The Morgan fingerprint density at radius 2 is 1.40 bits per heavy atom. The standard InChI is InChI=1S/C22H20F3N3O2/c1-26-11-13-27(14-12-26)19-18(15-5-3-2-4-6-15)20(29)28(21(19)30)17-9-7-16(8-10-17)22(23,24)25/h2-10H,11-14H2,1H3.